The Labute approximate surface area is 85.1 Å². The average molecular weight is 217 g/mol. The second kappa shape index (κ2) is 4.73. The number of amides is 1. The van der Waals surface area contributed by atoms with Gasteiger partial charge in [-0.25, -0.2) is 4.98 Å². The summed E-state index contributed by atoms with van der Waals surface area (Å²) in [5.41, 5.74) is 4.84. The number of aliphatic hydroxyl groups is 1. The number of hydrogen-bond acceptors (Lipinski definition) is 5. The van der Waals surface area contributed by atoms with Crippen molar-refractivity contribution < 1.29 is 9.90 Å². The summed E-state index contributed by atoms with van der Waals surface area (Å²) in [7, 11) is 0. The topological polar surface area (TPSA) is 101 Å². The van der Waals surface area contributed by atoms with Crippen LogP contribution in [0.3, 0.4) is 0 Å². The number of hydrogen-bond donors (Lipinski definition) is 3. The van der Waals surface area contributed by atoms with Crippen LogP contribution in [-0.4, -0.2) is 33.6 Å². The lowest BCUT2D eigenvalue weighted by Gasteiger charge is -2.08. The third kappa shape index (κ3) is 3.15. The van der Waals surface area contributed by atoms with Gasteiger partial charge < -0.3 is 16.2 Å². The molecule has 14 heavy (non-hydrogen) atoms. The summed E-state index contributed by atoms with van der Waals surface area (Å²) in [6, 6.07) is 0. The fourth-order valence-electron chi connectivity index (χ4n) is 0.729. The second-order valence-electron chi connectivity index (χ2n) is 2.53. The van der Waals surface area contributed by atoms with Gasteiger partial charge in [-0.3, -0.25) is 9.78 Å². The first kappa shape index (κ1) is 10.7. The summed E-state index contributed by atoms with van der Waals surface area (Å²) >= 11 is 5.55. The number of carbonyl (C=O) groups excluding carboxylic acids is 1. The van der Waals surface area contributed by atoms with Crippen molar-refractivity contribution in [1.82, 2.24) is 9.97 Å². The van der Waals surface area contributed by atoms with Crippen molar-refractivity contribution >= 4 is 23.3 Å². The largest absolute Gasteiger partial charge is 0.381 e. The van der Waals surface area contributed by atoms with Crippen LogP contribution >= 0.6 is 11.6 Å². The van der Waals surface area contributed by atoms with Gasteiger partial charge in [-0.15, -0.1) is 0 Å². The Balaban J connectivity index is 2.49. The van der Waals surface area contributed by atoms with E-state index < -0.39 is 12.0 Å². The molecule has 0 aromatic carbocycles. The van der Waals surface area contributed by atoms with Crippen LogP contribution in [0.5, 0.6) is 0 Å². The standard InChI is InChI=1S/C7H9ClN4O2/c8-5-2-10-3-6(12-5)11-1-4(13)7(9)14/h2-4,13H,1H2,(H2,9,14)(H,11,12). The summed E-state index contributed by atoms with van der Waals surface area (Å²) in [6.45, 7) is -0.0235. The van der Waals surface area contributed by atoms with E-state index in [1.165, 1.54) is 12.4 Å². The van der Waals surface area contributed by atoms with Crippen LogP contribution in [-0.2, 0) is 4.79 Å². The molecular formula is C7H9ClN4O2. The van der Waals surface area contributed by atoms with E-state index >= 15 is 0 Å². The molecule has 0 spiro atoms. The highest BCUT2D eigenvalue weighted by Crippen LogP contribution is 2.06. The first-order valence-corrected chi connectivity index (χ1v) is 4.16. The fourth-order valence-corrected chi connectivity index (χ4v) is 0.877. The van der Waals surface area contributed by atoms with Crippen molar-refractivity contribution in [2.45, 2.75) is 6.10 Å². The molecule has 0 saturated carbocycles. The van der Waals surface area contributed by atoms with E-state index in [0.717, 1.165) is 0 Å². The monoisotopic (exact) mass is 216 g/mol. The van der Waals surface area contributed by atoms with Gasteiger partial charge in [0.2, 0.25) is 5.91 Å². The molecule has 0 bridgehead atoms. The van der Waals surface area contributed by atoms with E-state index in [1.54, 1.807) is 0 Å². The van der Waals surface area contributed by atoms with Gasteiger partial charge in [0.05, 0.1) is 18.9 Å². The van der Waals surface area contributed by atoms with Crippen molar-refractivity contribution in [3.63, 3.8) is 0 Å². The third-order valence-corrected chi connectivity index (χ3v) is 1.59. The zero-order chi connectivity index (χ0) is 10.6. The van der Waals surface area contributed by atoms with Crippen molar-refractivity contribution in [1.29, 1.82) is 0 Å². The number of nitrogens with one attached hydrogen (secondary N) is 1. The van der Waals surface area contributed by atoms with Gasteiger partial charge in [0, 0.05) is 0 Å². The van der Waals surface area contributed by atoms with Crippen LogP contribution in [0.15, 0.2) is 12.4 Å². The van der Waals surface area contributed by atoms with Gasteiger partial charge in [-0.2, -0.15) is 0 Å². The van der Waals surface area contributed by atoms with Crippen molar-refractivity contribution in [2.75, 3.05) is 11.9 Å². The number of anilines is 1. The molecule has 4 N–H and O–H groups in total. The van der Waals surface area contributed by atoms with Gasteiger partial charge in [-0.05, 0) is 0 Å². The number of primary amides is 1. The minimum atomic E-state index is -1.25. The van der Waals surface area contributed by atoms with E-state index in [1.807, 2.05) is 0 Å². The Bertz CT molecular complexity index is 333. The zero-order valence-electron chi connectivity index (χ0n) is 7.14. The van der Waals surface area contributed by atoms with Crippen LogP contribution in [0.2, 0.25) is 5.15 Å². The van der Waals surface area contributed by atoms with Crippen molar-refractivity contribution in [3.8, 4) is 0 Å². The summed E-state index contributed by atoms with van der Waals surface area (Å²) in [5, 5.41) is 11.9. The van der Waals surface area contributed by atoms with Gasteiger partial charge in [0.1, 0.15) is 17.1 Å². The summed E-state index contributed by atoms with van der Waals surface area (Å²) in [6.07, 6.45) is 1.53. The molecule has 0 aliphatic carbocycles. The van der Waals surface area contributed by atoms with Gasteiger partial charge in [-0.1, -0.05) is 11.6 Å². The van der Waals surface area contributed by atoms with Crippen LogP contribution < -0.4 is 11.1 Å². The lowest BCUT2D eigenvalue weighted by molar-refractivity contribution is -0.125. The Morgan fingerprint density at radius 1 is 1.71 bits per heavy atom. The molecule has 0 fully saturated rings. The van der Waals surface area contributed by atoms with E-state index in [9.17, 15) is 4.79 Å². The molecule has 1 aromatic rings. The minimum absolute atomic E-state index is 0.0235. The molecule has 1 atom stereocenters. The molecule has 76 valence electrons. The molecule has 0 aliphatic rings. The Hall–Kier alpha value is -1.40. The SMILES string of the molecule is NC(=O)C(O)CNc1cncc(Cl)n1. The molecule has 0 radical (unpaired) electrons. The Morgan fingerprint density at radius 2 is 2.43 bits per heavy atom. The lowest BCUT2D eigenvalue weighted by atomic mass is 10.3. The van der Waals surface area contributed by atoms with E-state index in [2.05, 4.69) is 15.3 Å². The minimum Gasteiger partial charge on any atom is -0.381 e. The lowest BCUT2D eigenvalue weighted by Crippen LogP contribution is -2.34. The fraction of sp³-hybridized carbons (Fsp3) is 0.286. The maximum Gasteiger partial charge on any atom is 0.248 e. The number of aliphatic hydroxyl groups excluding tert-OH is 1. The quantitative estimate of drug-likeness (QED) is 0.623. The molecule has 1 unspecified atom stereocenters. The highest BCUT2D eigenvalue weighted by Gasteiger charge is 2.10. The number of nitrogens with zero attached hydrogens (tertiary/aromatic N) is 2. The summed E-state index contributed by atoms with van der Waals surface area (Å²) in [4.78, 5) is 18.0. The van der Waals surface area contributed by atoms with Crippen LogP contribution in [0.1, 0.15) is 0 Å². The maximum absolute atomic E-state index is 10.5. The van der Waals surface area contributed by atoms with Crippen molar-refractivity contribution in [3.05, 3.63) is 17.5 Å². The van der Waals surface area contributed by atoms with E-state index in [-0.39, 0.29) is 11.7 Å². The first-order chi connectivity index (χ1) is 6.59. The molecule has 0 saturated heterocycles. The molecule has 1 rings (SSSR count). The highest BCUT2D eigenvalue weighted by molar-refractivity contribution is 6.29. The number of rotatable bonds is 4. The maximum atomic E-state index is 10.5. The summed E-state index contributed by atoms with van der Waals surface area (Å²) < 4.78 is 0. The molecular weight excluding hydrogens is 208 g/mol. The van der Waals surface area contributed by atoms with Crippen LogP contribution in [0.4, 0.5) is 5.82 Å². The predicted molar refractivity (Wildman–Crippen MR) is 50.7 cm³/mol. The number of aromatic nitrogens is 2. The molecule has 1 amide bonds. The Morgan fingerprint density at radius 3 is 3.00 bits per heavy atom. The molecule has 1 heterocycles. The predicted octanol–water partition coefficient (Wildman–Crippen LogP) is -0.612. The van der Waals surface area contributed by atoms with E-state index in [4.69, 9.17) is 22.4 Å². The highest BCUT2D eigenvalue weighted by atomic mass is 35.5. The van der Waals surface area contributed by atoms with E-state index in [0.29, 0.717) is 5.82 Å². The summed E-state index contributed by atoms with van der Waals surface area (Å²) in [5.74, 6) is -0.426. The van der Waals surface area contributed by atoms with Crippen LogP contribution in [0, 0.1) is 0 Å². The third-order valence-electron chi connectivity index (χ3n) is 1.41. The zero-order valence-corrected chi connectivity index (χ0v) is 7.90. The van der Waals surface area contributed by atoms with Gasteiger partial charge in [0.15, 0.2) is 0 Å². The normalized spacial score (nSPS) is 12.1. The van der Waals surface area contributed by atoms with Gasteiger partial charge >= 0.3 is 0 Å². The molecule has 0 aliphatic heterocycles. The van der Waals surface area contributed by atoms with Crippen molar-refractivity contribution in [2.24, 2.45) is 5.73 Å². The first-order valence-electron chi connectivity index (χ1n) is 3.78. The average Bonchev–Trinajstić information content (AvgIpc) is 2.14. The number of halogens is 1. The molecule has 6 nitrogen and oxygen atoms in total. The Kier molecular flexibility index (Phi) is 3.61. The van der Waals surface area contributed by atoms with Gasteiger partial charge in [0.25, 0.3) is 0 Å². The number of carbonyl (C=O) groups is 1. The number of nitrogens with two attached hydrogens (primary N) is 1. The second-order valence-corrected chi connectivity index (χ2v) is 2.91. The molecule has 1 aromatic heterocycles. The molecule has 7 heteroatoms. The van der Waals surface area contributed by atoms with Crippen LogP contribution in [0.25, 0.3) is 0 Å². The smallest absolute Gasteiger partial charge is 0.248 e.